The number of nitriles is 2. The number of rotatable bonds is 0. The van der Waals surface area contributed by atoms with Crippen molar-refractivity contribution in [1.29, 1.82) is 10.5 Å². The van der Waals surface area contributed by atoms with Gasteiger partial charge in [0.2, 0.25) is 22.6 Å². The largest absolute Gasteiger partial charge is 0.450 e. The van der Waals surface area contributed by atoms with Gasteiger partial charge in [0.1, 0.15) is 34.7 Å². The van der Waals surface area contributed by atoms with Gasteiger partial charge in [-0.15, -0.1) is 0 Å². The Morgan fingerprint density at radius 3 is 1.32 bits per heavy atom. The number of aromatic nitrogens is 4. The van der Waals surface area contributed by atoms with Crippen LogP contribution >= 0.6 is 46.0 Å². The van der Waals surface area contributed by atoms with E-state index < -0.39 is 16.5 Å². The van der Waals surface area contributed by atoms with Gasteiger partial charge in [-0.1, -0.05) is 186 Å². The van der Waals surface area contributed by atoms with Crippen LogP contribution in [0.15, 0.2) is 211 Å². The van der Waals surface area contributed by atoms with Crippen molar-refractivity contribution >= 4 is 151 Å². The third-order valence-electron chi connectivity index (χ3n) is 20.3. The Labute approximate surface area is 572 Å². The number of nitrogens with zero attached hydrogens (tertiary/aromatic N) is 14. The summed E-state index contributed by atoms with van der Waals surface area (Å²) in [5.41, 5.74) is 13.5. The number of hydrogen-bond acceptors (Lipinski definition) is 8. The molecule has 0 spiro atoms. The first kappa shape index (κ1) is 59.7. The van der Waals surface area contributed by atoms with Crippen LogP contribution in [0.2, 0.25) is 5.02 Å². The number of halogens is 4. The fraction of sp³-hybridized carbons (Fsp3) is 0.195. The molecule has 14 nitrogen and oxygen atoms in total. The lowest BCUT2D eigenvalue weighted by Crippen LogP contribution is -2.62. The highest BCUT2D eigenvalue weighted by Gasteiger charge is 2.62. The molecule has 4 aromatic heterocycles. The predicted molar refractivity (Wildman–Crippen MR) is 386 cm³/mol. The molecule has 0 radical (unpaired) electrons. The molecule has 10 aliphatic rings. The topological polar surface area (TPSA) is 147 Å². The number of hydrogen-bond donors (Lipinski definition) is 0. The van der Waals surface area contributed by atoms with Crippen molar-refractivity contribution in [2.75, 3.05) is 0 Å². The van der Waals surface area contributed by atoms with E-state index >= 15 is 0 Å². The van der Waals surface area contributed by atoms with Gasteiger partial charge in [0.25, 0.3) is 34.9 Å². The van der Waals surface area contributed by atoms with Crippen LogP contribution in [0.5, 0.6) is 0 Å². The van der Waals surface area contributed by atoms with Gasteiger partial charge in [-0.3, -0.25) is 0 Å². The molecule has 0 saturated heterocycles. The molecule has 11 aromatic rings. The van der Waals surface area contributed by atoms with Gasteiger partial charge in [0.15, 0.2) is 0 Å². The Kier molecular flexibility index (Phi) is 13.4. The number of allylic oxidation sites excluding steroid dienone is 4. The van der Waals surface area contributed by atoms with Crippen molar-refractivity contribution < 1.29 is 9.15 Å². The fourth-order valence-electron chi connectivity index (χ4n) is 16.1. The van der Waals surface area contributed by atoms with Gasteiger partial charge >= 0.3 is 4.96 Å². The maximum Gasteiger partial charge on any atom is 0.450 e. The first-order chi connectivity index (χ1) is 46.3. The summed E-state index contributed by atoms with van der Waals surface area (Å²) >= 11 is 20.0. The summed E-state index contributed by atoms with van der Waals surface area (Å²) in [7, 11) is 0. The summed E-state index contributed by atoms with van der Waals surface area (Å²) in [6, 6.07) is 49.8. The molecule has 0 N–H and O–H groups in total. The zero-order valence-corrected chi connectivity index (χ0v) is 56.8. The molecule has 466 valence electrons. The van der Waals surface area contributed by atoms with Gasteiger partial charge in [0.05, 0.1) is 34.8 Å². The number of aliphatic imine (C=N–C) groups is 2. The lowest BCUT2D eigenvalue weighted by molar-refractivity contribution is -0.553. The summed E-state index contributed by atoms with van der Waals surface area (Å²) in [4.78, 5) is 31.4. The lowest BCUT2D eigenvalue weighted by atomic mass is 9.86. The van der Waals surface area contributed by atoms with Crippen LogP contribution in [0.3, 0.4) is 0 Å². The highest BCUT2D eigenvalue weighted by Crippen LogP contribution is 2.53. The number of amidine groups is 4. The van der Waals surface area contributed by atoms with Crippen LogP contribution in [-0.2, 0) is 11.6 Å². The Hall–Kier alpha value is -10.00. The molecular formula is C77H59BCl4N14+2. The minimum atomic E-state index is -0.750. The third-order valence-corrected chi connectivity index (χ3v) is 20.5. The zero-order valence-electron chi connectivity index (χ0n) is 53.8. The van der Waals surface area contributed by atoms with Crippen LogP contribution in [0.1, 0.15) is 66.6 Å². The third kappa shape index (κ3) is 8.43. The SMILES string of the molecule is CC1=CC2C3=Nc4c5cc(C)ccc5c5n4[C@@]4(C)n6c(c7cc(C)ccc7c6=N5)=NC(=[N+]34)C2C=C1.CC1=CC2C3=Nc4c5ccc(C)cc5c5n4[C@@]4(C)n6c(c7cc(C)ccc7c6=N5)=NC(=[N+]34)C2C=C1.Cc1cccc2ccccc12.ClB(Cl)Cl.N#Cc1ccc(Cl)cc1C#N. The minimum absolute atomic E-state index is 0.182. The van der Waals surface area contributed by atoms with Gasteiger partial charge in [0, 0.05) is 62.0 Å². The maximum absolute atomic E-state index is 8.51. The Morgan fingerprint density at radius 1 is 0.427 bits per heavy atom. The minimum Gasteiger partial charge on any atom is -0.240 e. The zero-order chi connectivity index (χ0) is 66.3. The molecule has 0 fully saturated rings. The molecule has 0 bridgehead atoms. The van der Waals surface area contributed by atoms with E-state index in [4.69, 9.17) is 86.5 Å². The van der Waals surface area contributed by atoms with E-state index in [1.54, 1.807) is 6.07 Å². The number of fused-ring (bicyclic) bond motifs is 19. The molecule has 8 aliphatic heterocycles. The summed E-state index contributed by atoms with van der Waals surface area (Å²) in [5.74, 6) is 7.97. The van der Waals surface area contributed by atoms with E-state index in [0.717, 1.165) is 95.5 Å². The van der Waals surface area contributed by atoms with E-state index in [9.17, 15) is 0 Å². The van der Waals surface area contributed by atoms with Gasteiger partial charge < -0.3 is 0 Å². The second-order valence-corrected chi connectivity index (χ2v) is 28.9. The van der Waals surface area contributed by atoms with E-state index in [2.05, 4.69) is 241 Å². The van der Waals surface area contributed by atoms with Crippen LogP contribution in [0, 0.1) is 81.0 Å². The molecule has 2 aliphatic carbocycles. The normalized spacial score (nSPS) is 21.7. The molecular weight excluding hydrogens is 1270 g/mol. The Balaban J connectivity index is 0.000000107. The predicted octanol–water partition coefficient (Wildman–Crippen LogP) is 15.9. The highest BCUT2D eigenvalue weighted by atomic mass is 35.6. The number of benzene rings is 7. The van der Waals surface area contributed by atoms with E-state index in [1.165, 1.54) is 78.0 Å². The summed E-state index contributed by atoms with van der Waals surface area (Å²) in [6.07, 6.45) is 13.8. The van der Waals surface area contributed by atoms with Gasteiger partial charge in [-0.25, -0.2) is 28.3 Å². The Bertz CT molecular complexity index is 6100. The summed E-state index contributed by atoms with van der Waals surface area (Å²) < 4.78 is 14.2. The van der Waals surface area contributed by atoms with E-state index in [1.807, 2.05) is 12.1 Å². The van der Waals surface area contributed by atoms with Crippen LogP contribution in [0.4, 0.5) is 23.3 Å². The van der Waals surface area contributed by atoms with Crippen molar-refractivity contribution in [2.45, 2.75) is 73.9 Å². The molecule has 0 amide bonds. The number of aryl methyl sites for hydroxylation is 5. The lowest BCUT2D eigenvalue weighted by Gasteiger charge is -2.39. The van der Waals surface area contributed by atoms with E-state index in [-0.39, 0.29) is 23.7 Å². The van der Waals surface area contributed by atoms with Crippen LogP contribution in [0.25, 0.3) is 53.9 Å². The fourth-order valence-corrected chi connectivity index (χ4v) is 16.3. The second kappa shape index (κ2) is 21.5. The molecule has 0 saturated carbocycles. The summed E-state index contributed by atoms with van der Waals surface area (Å²) in [6.45, 7) is 19.7. The molecule has 4 unspecified atom stereocenters. The highest BCUT2D eigenvalue weighted by molar-refractivity contribution is 7.54. The quantitative estimate of drug-likeness (QED) is 0.110. The Morgan fingerprint density at radius 2 is 0.844 bits per heavy atom. The van der Waals surface area contributed by atoms with Crippen molar-refractivity contribution in [3.63, 3.8) is 0 Å². The van der Waals surface area contributed by atoms with Crippen LogP contribution < -0.4 is 22.0 Å². The van der Waals surface area contributed by atoms with Crippen molar-refractivity contribution in [3.8, 4) is 12.1 Å². The van der Waals surface area contributed by atoms with Gasteiger partial charge in [-0.05, 0) is 113 Å². The van der Waals surface area contributed by atoms with E-state index in [0.29, 0.717) is 16.1 Å². The van der Waals surface area contributed by atoms with Crippen molar-refractivity contribution in [1.82, 2.24) is 18.3 Å². The van der Waals surface area contributed by atoms with Crippen LogP contribution in [-0.4, -0.2) is 55.7 Å². The average Bonchev–Trinajstić information content (AvgIpc) is 1.49. The first-order valence-corrected chi connectivity index (χ1v) is 33.7. The average molecular weight is 1330 g/mol. The second-order valence-electron chi connectivity index (χ2n) is 26.4. The smallest absolute Gasteiger partial charge is 0.240 e. The summed E-state index contributed by atoms with van der Waals surface area (Å²) in [5, 5.41) is 29.5. The molecule has 21 rings (SSSR count). The molecule has 7 aromatic carbocycles. The molecule has 12 heterocycles. The van der Waals surface area contributed by atoms with Crippen molar-refractivity contribution in [3.05, 3.63) is 247 Å². The molecule has 96 heavy (non-hydrogen) atoms. The molecule has 6 atom stereocenters. The molecule has 19 heteroatoms. The standard InChI is InChI=1S/2C29H23N6.C11H10.C8H3ClN2.BCl3/c1-14-5-8-17-20(11-14)26-30-24-18-9-6-15(2)12-21(18)28-32-25-19-10-7-16(3)13-22(19)27-31-23(17)33(26)29(4,34(24)28)35(25)27;1-14-5-8-17-20(11-14)26-31-25-19-10-7-16(3)13-22(19)28-32-27-21-12-15(2)6-9-18(21)24-30-23(17)33(26)29(4,34(24)27)35(25)28;1-9-5-4-7-10-6-2-3-8-11(9)10;9-8-2-1-6(4-10)7(3-8)5-11;2-1(3)4/h5-13,17,20H,1-4H3;5-13,19,22H,1-4H3;2-8H,1H3;1-3H;/q2*+1;;;/t17?,20?,29-;19?,22?,29-;;;/m01.../s1. The maximum atomic E-state index is 8.51. The van der Waals surface area contributed by atoms with Crippen molar-refractivity contribution in [2.24, 2.45) is 53.6 Å². The van der Waals surface area contributed by atoms with Gasteiger partial charge in [-0.2, -0.15) is 54.1 Å². The first-order valence-electron chi connectivity index (χ1n) is 32.0. The monoisotopic (exact) mass is 1330 g/mol.